The number of carbonyl (C=O) groups excluding carboxylic acids is 1. The van der Waals surface area contributed by atoms with Crippen LogP contribution in [-0.4, -0.2) is 23.8 Å². The highest BCUT2D eigenvalue weighted by atomic mass is 16.7. The van der Waals surface area contributed by atoms with Crippen molar-refractivity contribution in [2.45, 2.75) is 31.8 Å². The summed E-state index contributed by atoms with van der Waals surface area (Å²) in [7, 11) is 0. The van der Waals surface area contributed by atoms with Crippen LogP contribution in [0.25, 0.3) is 0 Å². The van der Waals surface area contributed by atoms with Gasteiger partial charge in [-0.25, -0.2) is 0 Å². The predicted molar refractivity (Wildman–Crippen MR) is 114 cm³/mol. The zero-order chi connectivity index (χ0) is 21.3. The highest BCUT2D eigenvalue weighted by Crippen LogP contribution is 2.32. The van der Waals surface area contributed by atoms with Crippen molar-refractivity contribution in [1.82, 2.24) is 5.32 Å². The van der Waals surface area contributed by atoms with Crippen molar-refractivity contribution in [3.05, 3.63) is 82.6 Å². The molecule has 5 nitrogen and oxygen atoms in total. The van der Waals surface area contributed by atoms with E-state index in [1.54, 1.807) is 6.08 Å². The largest absolute Gasteiger partial charge is 0.459 e. The van der Waals surface area contributed by atoms with Crippen LogP contribution in [0.3, 0.4) is 0 Å². The Morgan fingerprint density at radius 2 is 1.83 bits per heavy atom. The molecular formula is C25H23NO4. The molecule has 2 N–H and O–H groups in total. The van der Waals surface area contributed by atoms with Gasteiger partial charge in [0, 0.05) is 17.9 Å². The van der Waals surface area contributed by atoms with Crippen LogP contribution in [0, 0.1) is 24.7 Å². The van der Waals surface area contributed by atoms with E-state index in [9.17, 15) is 4.79 Å². The molecule has 0 radical (unpaired) electrons. The summed E-state index contributed by atoms with van der Waals surface area (Å²) in [5, 5.41) is 11.8. The zero-order valence-electron chi connectivity index (χ0n) is 16.5. The van der Waals surface area contributed by atoms with Gasteiger partial charge < -0.3 is 19.9 Å². The molecule has 1 aliphatic rings. The molecule has 0 fully saturated rings. The van der Waals surface area contributed by atoms with Gasteiger partial charge in [-0.2, -0.15) is 0 Å². The van der Waals surface area contributed by atoms with E-state index < -0.39 is 6.29 Å². The average molecular weight is 401 g/mol. The first-order valence-electron chi connectivity index (χ1n) is 9.60. The summed E-state index contributed by atoms with van der Waals surface area (Å²) in [6.45, 7) is 0.427. The van der Waals surface area contributed by atoms with Crippen LogP contribution < -0.4 is 5.32 Å². The van der Waals surface area contributed by atoms with Crippen LogP contribution in [0.5, 0.6) is 0 Å². The smallest absolute Gasteiger partial charge is 0.286 e. The number of aliphatic hydroxyl groups excluding tert-OH is 1. The van der Waals surface area contributed by atoms with Crippen LogP contribution in [0.4, 0.5) is 0 Å². The van der Waals surface area contributed by atoms with Crippen molar-refractivity contribution in [2.24, 2.45) is 0 Å². The van der Waals surface area contributed by atoms with Gasteiger partial charge in [0.05, 0.1) is 19.8 Å². The maximum atomic E-state index is 12.4. The van der Waals surface area contributed by atoms with Crippen molar-refractivity contribution in [1.29, 1.82) is 0 Å². The summed E-state index contributed by atoms with van der Waals surface area (Å²) in [6.07, 6.45) is 12.4. The van der Waals surface area contributed by atoms with Gasteiger partial charge in [-0.1, -0.05) is 48.2 Å². The molecule has 0 bridgehead atoms. The van der Waals surface area contributed by atoms with Crippen molar-refractivity contribution in [3.63, 3.8) is 0 Å². The average Bonchev–Trinajstić information content (AvgIpc) is 2.81. The molecule has 2 atom stereocenters. The van der Waals surface area contributed by atoms with Crippen molar-refractivity contribution in [3.8, 4) is 24.7 Å². The number of hydrogen-bond donors (Lipinski definition) is 2. The molecule has 0 saturated heterocycles. The Hall–Kier alpha value is -3.51. The van der Waals surface area contributed by atoms with Gasteiger partial charge in [-0.15, -0.1) is 12.8 Å². The number of allylic oxidation sites excluding steroid dienone is 1. The number of amides is 1. The van der Waals surface area contributed by atoms with E-state index in [0.29, 0.717) is 13.0 Å². The summed E-state index contributed by atoms with van der Waals surface area (Å²) in [5.41, 5.74) is 3.58. The van der Waals surface area contributed by atoms with Gasteiger partial charge in [0.15, 0.2) is 5.76 Å². The van der Waals surface area contributed by atoms with E-state index in [1.165, 1.54) is 0 Å². The molecule has 5 heteroatoms. The molecule has 0 aliphatic carbocycles. The van der Waals surface area contributed by atoms with Gasteiger partial charge >= 0.3 is 0 Å². The molecule has 152 valence electrons. The van der Waals surface area contributed by atoms with Gasteiger partial charge in [-0.05, 0) is 34.9 Å². The molecule has 1 amide bonds. The van der Waals surface area contributed by atoms with Gasteiger partial charge in [-0.3, -0.25) is 4.79 Å². The number of nitrogens with one attached hydrogen (secondary N) is 1. The zero-order valence-corrected chi connectivity index (χ0v) is 16.5. The lowest BCUT2D eigenvalue weighted by atomic mass is 9.92. The molecule has 1 aliphatic heterocycles. The van der Waals surface area contributed by atoms with E-state index in [4.69, 9.17) is 27.4 Å². The Kier molecular flexibility index (Phi) is 7.29. The van der Waals surface area contributed by atoms with Gasteiger partial charge in [0.25, 0.3) is 5.91 Å². The SMILES string of the molecule is C#CCNC(=O)C1=C[C@@H](c2ccc(C#C)cc2)C[C@@H](OCc2ccc(CO)cc2)O1. The molecule has 0 spiro atoms. The molecule has 3 rings (SSSR count). The number of benzene rings is 2. The fraction of sp³-hybridized carbons (Fsp3) is 0.240. The van der Waals surface area contributed by atoms with Gasteiger partial charge in [0.1, 0.15) is 0 Å². The highest BCUT2D eigenvalue weighted by molar-refractivity contribution is 5.91. The van der Waals surface area contributed by atoms with Gasteiger partial charge in [0.2, 0.25) is 6.29 Å². The summed E-state index contributed by atoms with van der Waals surface area (Å²) in [4.78, 5) is 12.4. The number of ether oxygens (including phenoxy) is 2. The quantitative estimate of drug-likeness (QED) is 0.700. The number of rotatable bonds is 7. The Bertz CT molecular complexity index is 978. The second-order valence-electron chi connectivity index (χ2n) is 6.86. The Balaban J connectivity index is 1.74. The molecule has 0 saturated carbocycles. The molecule has 2 aromatic carbocycles. The summed E-state index contributed by atoms with van der Waals surface area (Å²) < 4.78 is 11.7. The molecule has 1 heterocycles. The van der Waals surface area contributed by atoms with E-state index in [-0.39, 0.29) is 30.7 Å². The molecule has 0 unspecified atom stereocenters. The number of terminal acetylenes is 2. The first kappa shape index (κ1) is 21.2. The van der Waals surface area contributed by atoms with Crippen LogP contribution in [0.2, 0.25) is 0 Å². The molecule has 30 heavy (non-hydrogen) atoms. The second kappa shape index (κ2) is 10.3. The van der Waals surface area contributed by atoms with E-state index in [0.717, 1.165) is 22.3 Å². The highest BCUT2D eigenvalue weighted by Gasteiger charge is 2.28. The second-order valence-corrected chi connectivity index (χ2v) is 6.86. The van der Waals surface area contributed by atoms with Crippen LogP contribution in [-0.2, 0) is 27.5 Å². The maximum absolute atomic E-state index is 12.4. The first-order chi connectivity index (χ1) is 14.6. The summed E-state index contributed by atoms with van der Waals surface area (Å²) in [6, 6.07) is 15.1. The third kappa shape index (κ3) is 5.52. The van der Waals surface area contributed by atoms with Crippen molar-refractivity contribution < 1.29 is 19.4 Å². The maximum Gasteiger partial charge on any atom is 0.286 e. The third-order valence-corrected chi connectivity index (χ3v) is 4.78. The van der Waals surface area contributed by atoms with E-state index in [1.807, 2.05) is 48.5 Å². The number of hydrogen-bond acceptors (Lipinski definition) is 4. The van der Waals surface area contributed by atoms with Crippen LogP contribution >= 0.6 is 0 Å². The Morgan fingerprint density at radius 3 is 2.47 bits per heavy atom. The minimum absolute atomic E-state index is 0.00601. The fourth-order valence-electron chi connectivity index (χ4n) is 3.13. The van der Waals surface area contributed by atoms with E-state index >= 15 is 0 Å². The van der Waals surface area contributed by atoms with Crippen molar-refractivity contribution in [2.75, 3.05) is 6.54 Å². The van der Waals surface area contributed by atoms with Crippen LogP contribution in [0.15, 0.2) is 60.4 Å². The van der Waals surface area contributed by atoms with Crippen LogP contribution in [0.1, 0.15) is 34.6 Å². The number of carbonyl (C=O) groups is 1. The number of aliphatic hydroxyl groups is 1. The monoisotopic (exact) mass is 401 g/mol. The Morgan fingerprint density at radius 1 is 1.13 bits per heavy atom. The summed E-state index contributed by atoms with van der Waals surface area (Å²) in [5.74, 6) is 4.71. The van der Waals surface area contributed by atoms with E-state index in [2.05, 4.69) is 17.2 Å². The molecule has 2 aromatic rings. The first-order valence-corrected chi connectivity index (χ1v) is 9.60. The topological polar surface area (TPSA) is 67.8 Å². The lowest BCUT2D eigenvalue weighted by Crippen LogP contribution is -2.33. The standard InChI is InChI=1S/C25H23NO4/c1-3-13-26-25(28)23-14-22(21-11-9-18(4-2)10-12-21)15-24(30-23)29-17-20-7-5-19(16-27)6-8-20/h1-2,5-12,14,22,24,27H,13,15-17H2,(H,26,28)/t22-,24+/m1/s1. The molecule has 0 aromatic heterocycles. The molecular weight excluding hydrogens is 378 g/mol. The predicted octanol–water partition coefficient (Wildman–Crippen LogP) is 2.84. The fourth-order valence-corrected chi connectivity index (χ4v) is 3.13. The minimum atomic E-state index is -0.601. The summed E-state index contributed by atoms with van der Waals surface area (Å²) >= 11 is 0. The lowest BCUT2D eigenvalue weighted by molar-refractivity contribution is -0.150. The third-order valence-electron chi connectivity index (χ3n) is 4.78. The normalized spacial score (nSPS) is 17.8. The minimum Gasteiger partial charge on any atom is -0.459 e. The lowest BCUT2D eigenvalue weighted by Gasteiger charge is -2.29. The van der Waals surface area contributed by atoms with Crippen molar-refractivity contribution >= 4 is 5.91 Å². The Labute approximate surface area is 176 Å².